The van der Waals surface area contributed by atoms with Crippen LogP contribution in [0.1, 0.15) is 23.2 Å². The highest BCUT2D eigenvalue weighted by Crippen LogP contribution is 2.19. The maximum Gasteiger partial charge on any atom is 0.253 e. The molecule has 1 fully saturated rings. The van der Waals surface area contributed by atoms with Crippen LogP contribution in [-0.2, 0) is 0 Å². The van der Waals surface area contributed by atoms with Crippen LogP contribution in [-0.4, -0.2) is 28.4 Å². The number of aromatic nitrogens is 1. The molecule has 0 aromatic carbocycles. The molecule has 1 aliphatic rings. The highest BCUT2D eigenvalue weighted by atomic mass is 35.5. The summed E-state index contributed by atoms with van der Waals surface area (Å²) >= 11 is 7.75. The zero-order chi connectivity index (χ0) is 12.3. The molecule has 0 bridgehead atoms. The molecule has 0 unspecified atom stereocenters. The van der Waals surface area contributed by atoms with Crippen LogP contribution in [0.2, 0.25) is 5.02 Å². The molecule has 3 N–H and O–H groups in total. The molecule has 92 valence electrons. The number of nitrogens with two attached hydrogens (primary N) is 1. The molecule has 1 amide bonds. The van der Waals surface area contributed by atoms with Gasteiger partial charge in [0.2, 0.25) is 0 Å². The molecule has 1 saturated heterocycles. The molecular weight excluding hydrogens is 258 g/mol. The molecule has 1 aromatic heterocycles. The molecule has 2 heterocycles. The monoisotopic (exact) mass is 271 g/mol. The number of anilines is 1. The number of carbonyl (C=O) groups excluding carboxylic acids is 1. The number of thioether (sulfide) groups is 1. The van der Waals surface area contributed by atoms with Gasteiger partial charge in [-0.3, -0.25) is 4.79 Å². The molecule has 1 aromatic rings. The van der Waals surface area contributed by atoms with Crippen molar-refractivity contribution in [3.05, 3.63) is 22.8 Å². The van der Waals surface area contributed by atoms with Crippen LogP contribution in [0.15, 0.2) is 12.3 Å². The lowest BCUT2D eigenvalue weighted by atomic mass is 10.1. The molecular formula is C11H14ClN3OS. The molecule has 0 atom stereocenters. The molecule has 6 heteroatoms. The molecule has 2 rings (SSSR count). The predicted molar refractivity (Wildman–Crippen MR) is 71.5 cm³/mol. The normalized spacial score (nSPS) is 16.8. The lowest BCUT2D eigenvalue weighted by Gasteiger charge is -2.22. The third kappa shape index (κ3) is 3.26. The van der Waals surface area contributed by atoms with E-state index >= 15 is 0 Å². The van der Waals surface area contributed by atoms with Crippen LogP contribution in [0.25, 0.3) is 0 Å². The van der Waals surface area contributed by atoms with Crippen LogP contribution in [0, 0.1) is 0 Å². The highest BCUT2D eigenvalue weighted by Gasteiger charge is 2.17. The first-order valence-electron chi connectivity index (χ1n) is 5.46. The number of rotatable bonds is 2. The van der Waals surface area contributed by atoms with E-state index in [0.29, 0.717) is 10.6 Å². The lowest BCUT2D eigenvalue weighted by Crippen LogP contribution is -2.37. The van der Waals surface area contributed by atoms with Crippen molar-refractivity contribution in [1.29, 1.82) is 0 Å². The van der Waals surface area contributed by atoms with Crippen molar-refractivity contribution in [2.75, 3.05) is 17.2 Å². The van der Waals surface area contributed by atoms with E-state index < -0.39 is 0 Å². The number of pyridine rings is 1. The van der Waals surface area contributed by atoms with Gasteiger partial charge < -0.3 is 11.1 Å². The zero-order valence-electron chi connectivity index (χ0n) is 9.28. The Morgan fingerprint density at radius 2 is 2.24 bits per heavy atom. The molecule has 0 spiro atoms. The standard InChI is InChI=1S/C11H14ClN3OS/c12-9-5-7(6-14-10(9)13)11(16)15-8-1-3-17-4-2-8/h5-6,8H,1-4H2,(H2,13,14)(H,15,16). The number of amides is 1. The largest absolute Gasteiger partial charge is 0.382 e. The van der Waals surface area contributed by atoms with E-state index in [4.69, 9.17) is 17.3 Å². The van der Waals surface area contributed by atoms with Crippen molar-refractivity contribution in [3.8, 4) is 0 Å². The van der Waals surface area contributed by atoms with E-state index in [2.05, 4.69) is 10.3 Å². The maximum atomic E-state index is 11.9. The SMILES string of the molecule is Nc1ncc(C(=O)NC2CCSCC2)cc1Cl. The van der Waals surface area contributed by atoms with E-state index in [0.717, 1.165) is 24.3 Å². The predicted octanol–water partition coefficient (Wildman–Crippen LogP) is 1.94. The number of carbonyl (C=O) groups is 1. The minimum absolute atomic E-state index is 0.128. The lowest BCUT2D eigenvalue weighted by molar-refractivity contribution is 0.0934. The van der Waals surface area contributed by atoms with Gasteiger partial charge in [0.15, 0.2) is 0 Å². The van der Waals surface area contributed by atoms with Gasteiger partial charge in [-0.05, 0) is 30.4 Å². The zero-order valence-corrected chi connectivity index (χ0v) is 10.9. The van der Waals surface area contributed by atoms with Gasteiger partial charge in [0.1, 0.15) is 5.82 Å². The Hall–Kier alpha value is -0.940. The van der Waals surface area contributed by atoms with Crippen LogP contribution >= 0.6 is 23.4 Å². The van der Waals surface area contributed by atoms with E-state index in [9.17, 15) is 4.79 Å². The van der Waals surface area contributed by atoms with Crippen LogP contribution < -0.4 is 11.1 Å². The Bertz CT molecular complexity index is 421. The first kappa shape index (κ1) is 12.5. The molecule has 4 nitrogen and oxygen atoms in total. The van der Waals surface area contributed by atoms with Crippen LogP contribution in [0.3, 0.4) is 0 Å². The molecule has 17 heavy (non-hydrogen) atoms. The summed E-state index contributed by atoms with van der Waals surface area (Å²) < 4.78 is 0. The van der Waals surface area contributed by atoms with E-state index in [1.54, 1.807) is 6.07 Å². The third-order valence-corrected chi connectivity index (χ3v) is 4.04. The smallest absolute Gasteiger partial charge is 0.253 e. The van der Waals surface area contributed by atoms with Crippen LogP contribution in [0.5, 0.6) is 0 Å². The topological polar surface area (TPSA) is 68.0 Å². The summed E-state index contributed by atoms with van der Waals surface area (Å²) in [7, 11) is 0. The van der Waals surface area contributed by atoms with Crippen molar-refractivity contribution >= 4 is 35.1 Å². The second-order valence-electron chi connectivity index (χ2n) is 3.95. The second-order valence-corrected chi connectivity index (χ2v) is 5.58. The van der Waals surface area contributed by atoms with Gasteiger partial charge in [0.25, 0.3) is 5.91 Å². The highest BCUT2D eigenvalue weighted by molar-refractivity contribution is 7.99. The average Bonchev–Trinajstić information content (AvgIpc) is 2.34. The Balaban J connectivity index is 2.01. The molecule has 0 radical (unpaired) electrons. The summed E-state index contributed by atoms with van der Waals surface area (Å²) in [6.45, 7) is 0. The van der Waals surface area contributed by atoms with Gasteiger partial charge in [0.05, 0.1) is 10.6 Å². The summed E-state index contributed by atoms with van der Waals surface area (Å²) in [6.07, 6.45) is 3.49. The fraction of sp³-hybridized carbons (Fsp3) is 0.455. The number of halogens is 1. The molecule has 1 aliphatic heterocycles. The van der Waals surface area contributed by atoms with Crippen molar-refractivity contribution in [3.63, 3.8) is 0 Å². The van der Waals surface area contributed by atoms with Gasteiger partial charge >= 0.3 is 0 Å². The first-order chi connectivity index (χ1) is 8.16. The summed E-state index contributed by atoms with van der Waals surface area (Å²) in [6, 6.07) is 1.82. The van der Waals surface area contributed by atoms with Crippen LogP contribution in [0.4, 0.5) is 5.82 Å². The third-order valence-electron chi connectivity index (χ3n) is 2.69. The number of nitrogens with zero attached hydrogens (tertiary/aromatic N) is 1. The summed E-state index contributed by atoms with van der Waals surface area (Å²) in [4.78, 5) is 15.8. The van der Waals surface area contributed by atoms with Gasteiger partial charge in [0, 0.05) is 12.2 Å². The minimum Gasteiger partial charge on any atom is -0.382 e. The summed E-state index contributed by atoms with van der Waals surface area (Å²) in [5.74, 6) is 2.32. The number of hydrogen-bond acceptors (Lipinski definition) is 4. The van der Waals surface area contributed by atoms with E-state index in [1.807, 2.05) is 11.8 Å². The van der Waals surface area contributed by atoms with Gasteiger partial charge in [-0.2, -0.15) is 11.8 Å². The fourth-order valence-electron chi connectivity index (χ4n) is 1.68. The average molecular weight is 272 g/mol. The van der Waals surface area contributed by atoms with Crippen molar-refractivity contribution < 1.29 is 4.79 Å². The van der Waals surface area contributed by atoms with E-state index in [-0.39, 0.29) is 17.8 Å². The van der Waals surface area contributed by atoms with E-state index in [1.165, 1.54) is 6.20 Å². The number of nitrogen functional groups attached to an aromatic ring is 1. The second kappa shape index (κ2) is 5.60. The first-order valence-corrected chi connectivity index (χ1v) is 6.99. The van der Waals surface area contributed by atoms with Crippen molar-refractivity contribution in [1.82, 2.24) is 10.3 Å². The van der Waals surface area contributed by atoms with Gasteiger partial charge in [-0.1, -0.05) is 11.6 Å². The fourth-order valence-corrected chi connectivity index (χ4v) is 2.96. The Labute approximate surface area is 109 Å². The van der Waals surface area contributed by atoms with Gasteiger partial charge in [-0.15, -0.1) is 0 Å². The van der Waals surface area contributed by atoms with Crippen molar-refractivity contribution in [2.24, 2.45) is 0 Å². The minimum atomic E-state index is -0.128. The van der Waals surface area contributed by atoms with Gasteiger partial charge in [-0.25, -0.2) is 4.98 Å². The van der Waals surface area contributed by atoms with Crippen molar-refractivity contribution in [2.45, 2.75) is 18.9 Å². The number of hydrogen-bond donors (Lipinski definition) is 2. The molecule has 0 saturated carbocycles. The summed E-state index contributed by atoms with van der Waals surface area (Å²) in [5, 5.41) is 3.31. The maximum absolute atomic E-state index is 11.9. The Morgan fingerprint density at radius 1 is 1.53 bits per heavy atom. The quantitative estimate of drug-likeness (QED) is 0.863. The Morgan fingerprint density at radius 3 is 2.88 bits per heavy atom. The molecule has 0 aliphatic carbocycles. The Kier molecular flexibility index (Phi) is 4.12. The summed E-state index contributed by atoms with van der Waals surface area (Å²) in [5.41, 5.74) is 5.96. The number of nitrogens with one attached hydrogen (secondary N) is 1.